The van der Waals surface area contributed by atoms with Crippen LogP contribution in [-0.4, -0.2) is 6.29 Å². The van der Waals surface area contributed by atoms with E-state index < -0.39 is 0 Å². The minimum absolute atomic E-state index is 0.0888. The van der Waals surface area contributed by atoms with E-state index in [0.29, 0.717) is 6.42 Å². The summed E-state index contributed by atoms with van der Waals surface area (Å²) < 4.78 is 0. The zero-order valence-electron chi connectivity index (χ0n) is 9.29. The van der Waals surface area contributed by atoms with Crippen LogP contribution in [-0.2, 0) is 10.2 Å². The maximum Gasteiger partial charge on any atom is 0.120 e. The molecule has 1 aromatic carbocycles. The van der Waals surface area contributed by atoms with E-state index in [1.807, 2.05) is 12.1 Å². The monoisotopic (exact) mass is 224 g/mol. The van der Waals surface area contributed by atoms with E-state index in [-0.39, 0.29) is 5.41 Å². The molecule has 0 heterocycles. The summed E-state index contributed by atoms with van der Waals surface area (Å²) in [5.41, 5.74) is 1.35. The second-order valence-electron chi connectivity index (χ2n) is 4.13. The lowest BCUT2D eigenvalue weighted by Gasteiger charge is -2.28. The third-order valence-electron chi connectivity index (χ3n) is 3.14. The topological polar surface area (TPSA) is 17.1 Å². The molecule has 0 aromatic heterocycles. The van der Waals surface area contributed by atoms with Crippen LogP contribution in [0.5, 0.6) is 0 Å². The summed E-state index contributed by atoms with van der Waals surface area (Å²) in [5.74, 6) is 0. The first kappa shape index (κ1) is 12.3. The molecule has 1 rings (SSSR count). The lowest BCUT2D eigenvalue weighted by atomic mass is 9.76. The quantitative estimate of drug-likeness (QED) is 0.692. The number of hydrogen-bond acceptors (Lipinski definition) is 1. The van der Waals surface area contributed by atoms with Gasteiger partial charge < -0.3 is 4.79 Å². The number of hydrogen-bond donors (Lipinski definition) is 0. The average molecular weight is 225 g/mol. The van der Waals surface area contributed by atoms with Crippen LogP contribution in [0.1, 0.15) is 38.7 Å². The summed E-state index contributed by atoms with van der Waals surface area (Å²) in [4.78, 5) is 10.4. The van der Waals surface area contributed by atoms with Gasteiger partial charge >= 0.3 is 0 Å². The van der Waals surface area contributed by atoms with Crippen LogP contribution in [0, 0.1) is 0 Å². The first-order valence-corrected chi connectivity index (χ1v) is 5.70. The fourth-order valence-electron chi connectivity index (χ4n) is 1.75. The van der Waals surface area contributed by atoms with Crippen molar-refractivity contribution in [2.75, 3.05) is 0 Å². The number of halogens is 1. The Morgan fingerprint density at radius 2 is 1.93 bits per heavy atom. The molecular weight excluding hydrogens is 208 g/mol. The van der Waals surface area contributed by atoms with E-state index in [2.05, 4.69) is 26.0 Å². The summed E-state index contributed by atoms with van der Waals surface area (Å²) in [6.45, 7) is 4.35. The van der Waals surface area contributed by atoms with Gasteiger partial charge in [0.15, 0.2) is 0 Å². The predicted molar refractivity (Wildman–Crippen MR) is 64.4 cm³/mol. The molecule has 0 amide bonds. The van der Waals surface area contributed by atoms with Crippen molar-refractivity contribution >= 4 is 17.9 Å². The summed E-state index contributed by atoms with van der Waals surface area (Å²) in [6.07, 6.45) is 3.54. The molecule has 0 unspecified atom stereocenters. The second-order valence-corrected chi connectivity index (χ2v) is 4.56. The van der Waals surface area contributed by atoms with Gasteiger partial charge in [0.25, 0.3) is 0 Å². The minimum Gasteiger partial charge on any atom is -0.303 e. The lowest BCUT2D eigenvalue weighted by molar-refractivity contribution is -0.108. The van der Waals surface area contributed by atoms with Gasteiger partial charge in [-0.2, -0.15) is 0 Å². The SMILES string of the molecule is CC[C@](C)(CCC=O)c1ccc(Cl)cc1. The number of rotatable bonds is 5. The Labute approximate surface area is 96.5 Å². The summed E-state index contributed by atoms with van der Waals surface area (Å²) in [7, 11) is 0. The third-order valence-corrected chi connectivity index (χ3v) is 3.39. The highest BCUT2D eigenvalue weighted by molar-refractivity contribution is 6.30. The molecule has 82 valence electrons. The van der Waals surface area contributed by atoms with Crippen molar-refractivity contribution in [3.05, 3.63) is 34.9 Å². The van der Waals surface area contributed by atoms with E-state index in [1.165, 1.54) is 5.56 Å². The Balaban J connectivity index is 2.89. The van der Waals surface area contributed by atoms with Crippen molar-refractivity contribution < 1.29 is 4.79 Å². The van der Waals surface area contributed by atoms with Gasteiger partial charge in [0.2, 0.25) is 0 Å². The van der Waals surface area contributed by atoms with Crippen molar-refractivity contribution in [1.82, 2.24) is 0 Å². The van der Waals surface area contributed by atoms with Crippen LogP contribution in [0.2, 0.25) is 5.02 Å². The van der Waals surface area contributed by atoms with Gasteiger partial charge in [-0.15, -0.1) is 0 Å². The smallest absolute Gasteiger partial charge is 0.120 e. The van der Waals surface area contributed by atoms with Gasteiger partial charge in [-0.25, -0.2) is 0 Å². The van der Waals surface area contributed by atoms with Crippen molar-refractivity contribution in [1.29, 1.82) is 0 Å². The molecule has 0 aliphatic rings. The summed E-state index contributed by atoms with van der Waals surface area (Å²) >= 11 is 5.85. The highest BCUT2D eigenvalue weighted by atomic mass is 35.5. The van der Waals surface area contributed by atoms with Crippen LogP contribution in [0.4, 0.5) is 0 Å². The van der Waals surface area contributed by atoms with Crippen LogP contribution in [0.15, 0.2) is 24.3 Å². The average Bonchev–Trinajstić information content (AvgIpc) is 2.27. The number of benzene rings is 1. The number of aldehydes is 1. The highest BCUT2D eigenvalue weighted by Gasteiger charge is 2.23. The molecule has 0 N–H and O–H groups in total. The Kier molecular flexibility index (Phi) is 4.34. The first-order valence-electron chi connectivity index (χ1n) is 5.32. The van der Waals surface area contributed by atoms with Crippen molar-refractivity contribution in [2.45, 2.75) is 38.5 Å². The fraction of sp³-hybridized carbons (Fsp3) is 0.462. The summed E-state index contributed by atoms with van der Waals surface area (Å²) in [5, 5.41) is 0.757. The highest BCUT2D eigenvalue weighted by Crippen LogP contribution is 2.32. The zero-order valence-corrected chi connectivity index (χ0v) is 10.1. The number of carbonyl (C=O) groups excluding carboxylic acids is 1. The van der Waals surface area contributed by atoms with E-state index >= 15 is 0 Å². The Morgan fingerprint density at radius 1 is 1.33 bits per heavy atom. The van der Waals surface area contributed by atoms with Crippen molar-refractivity contribution in [3.8, 4) is 0 Å². The largest absolute Gasteiger partial charge is 0.303 e. The van der Waals surface area contributed by atoms with E-state index in [1.54, 1.807) is 0 Å². The van der Waals surface area contributed by atoms with Crippen LogP contribution < -0.4 is 0 Å². The van der Waals surface area contributed by atoms with Gasteiger partial charge in [-0.1, -0.05) is 37.6 Å². The minimum atomic E-state index is 0.0888. The molecule has 0 bridgehead atoms. The molecule has 1 nitrogen and oxygen atoms in total. The maximum atomic E-state index is 10.4. The van der Waals surface area contributed by atoms with Gasteiger partial charge in [-0.05, 0) is 36.0 Å². The standard InChI is InChI=1S/C13H17ClO/c1-3-13(2,9-4-10-15)11-5-7-12(14)8-6-11/h5-8,10H,3-4,9H2,1-2H3/t13-/m1/s1. The van der Waals surface area contributed by atoms with Crippen LogP contribution in [0.3, 0.4) is 0 Å². The number of carbonyl (C=O) groups is 1. The molecular formula is C13H17ClO. The normalized spacial score (nSPS) is 14.6. The van der Waals surface area contributed by atoms with Crippen molar-refractivity contribution in [3.63, 3.8) is 0 Å². The van der Waals surface area contributed by atoms with Crippen LogP contribution >= 0.6 is 11.6 Å². The molecule has 0 fully saturated rings. The molecule has 0 aliphatic carbocycles. The molecule has 1 atom stereocenters. The molecule has 0 radical (unpaired) electrons. The molecule has 2 heteroatoms. The van der Waals surface area contributed by atoms with Crippen molar-refractivity contribution in [2.24, 2.45) is 0 Å². The Morgan fingerprint density at radius 3 is 2.40 bits per heavy atom. The maximum absolute atomic E-state index is 10.4. The van der Waals surface area contributed by atoms with E-state index in [0.717, 1.165) is 24.2 Å². The van der Waals surface area contributed by atoms with Gasteiger partial charge in [-0.3, -0.25) is 0 Å². The van der Waals surface area contributed by atoms with E-state index in [4.69, 9.17) is 11.6 Å². The molecule has 0 aliphatic heterocycles. The second kappa shape index (κ2) is 5.32. The summed E-state index contributed by atoms with van der Waals surface area (Å²) in [6, 6.07) is 7.92. The van der Waals surface area contributed by atoms with Gasteiger partial charge in [0.1, 0.15) is 6.29 Å². The fourth-order valence-corrected chi connectivity index (χ4v) is 1.88. The first-order chi connectivity index (χ1) is 7.12. The molecule has 1 aromatic rings. The zero-order chi connectivity index (χ0) is 11.3. The Bertz CT molecular complexity index is 318. The molecule has 0 saturated heterocycles. The van der Waals surface area contributed by atoms with Gasteiger partial charge in [0, 0.05) is 11.4 Å². The molecule has 15 heavy (non-hydrogen) atoms. The lowest BCUT2D eigenvalue weighted by Crippen LogP contribution is -2.20. The Hall–Kier alpha value is -0.820. The molecule has 0 saturated carbocycles. The van der Waals surface area contributed by atoms with Crippen LogP contribution in [0.25, 0.3) is 0 Å². The van der Waals surface area contributed by atoms with E-state index in [9.17, 15) is 4.79 Å². The molecule has 0 spiro atoms. The predicted octanol–water partition coefficient (Wildman–Crippen LogP) is 3.99. The van der Waals surface area contributed by atoms with Gasteiger partial charge in [0.05, 0.1) is 0 Å². The third kappa shape index (κ3) is 3.07.